The molecule has 1 aliphatic rings. The Morgan fingerprint density at radius 3 is 2.55 bits per heavy atom. The number of halogens is 2. The van der Waals surface area contributed by atoms with Gasteiger partial charge >= 0.3 is 0 Å². The monoisotopic (exact) mass is 327 g/mol. The Balaban J connectivity index is 2.42. The van der Waals surface area contributed by atoms with E-state index >= 15 is 0 Å². The predicted octanol–water partition coefficient (Wildman–Crippen LogP) is 2.29. The third-order valence-electron chi connectivity index (χ3n) is 4.10. The van der Waals surface area contributed by atoms with Crippen LogP contribution in [0.15, 0.2) is 18.2 Å². The van der Waals surface area contributed by atoms with Crippen molar-refractivity contribution in [2.24, 2.45) is 0 Å². The Morgan fingerprint density at radius 1 is 1.36 bits per heavy atom. The van der Waals surface area contributed by atoms with E-state index in [1.165, 1.54) is 6.07 Å². The Kier molecular flexibility index (Phi) is 6.17. The lowest BCUT2D eigenvalue weighted by Crippen LogP contribution is -2.50. The molecule has 0 saturated carbocycles. The Bertz CT molecular complexity index is 496. The first-order valence-electron chi connectivity index (χ1n) is 7.77. The number of carbonyl (C=O) groups excluding carboxylic acids is 1. The standard InChI is InChI=1S/C16H23ClFN3O/c1-3-20(4-2)16(22)15(21-10-8-19-9-11-21)14-12(17)6-5-7-13(14)18/h5-7,15,19H,3-4,8-11H2,1-2H3. The number of benzene rings is 1. The minimum Gasteiger partial charge on any atom is -0.342 e. The number of nitrogens with one attached hydrogen (secondary N) is 1. The summed E-state index contributed by atoms with van der Waals surface area (Å²) in [7, 11) is 0. The van der Waals surface area contributed by atoms with Gasteiger partial charge in [-0.1, -0.05) is 17.7 Å². The van der Waals surface area contributed by atoms with Gasteiger partial charge < -0.3 is 10.2 Å². The fourth-order valence-electron chi connectivity index (χ4n) is 2.88. The number of rotatable bonds is 5. The van der Waals surface area contributed by atoms with E-state index in [1.54, 1.807) is 17.0 Å². The summed E-state index contributed by atoms with van der Waals surface area (Å²) in [6.07, 6.45) is 0. The van der Waals surface area contributed by atoms with Crippen molar-refractivity contribution in [1.82, 2.24) is 15.1 Å². The molecule has 0 aromatic heterocycles. The lowest BCUT2D eigenvalue weighted by Gasteiger charge is -2.37. The molecule has 1 fully saturated rings. The second kappa shape index (κ2) is 7.90. The Labute approximate surface area is 136 Å². The van der Waals surface area contributed by atoms with Crippen molar-refractivity contribution in [3.8, 4) is 0 Å². The average Bonchev–Trinajstić information content (AvgIpc) is 2.53. The Hall–Kier alpha value is -1.17. The molecule has 0 spiro atoms. The van der Waals surface area contributed by atoms with Crippen LogP contribution in [-0.4, -0.2) is 55.0 Å². The van der Waals surface area contributed by atoms with E-state index in [0.717, 1.165) is 13.1 Å². The largest absolute Gasteiger partial charge is 0.342 e. The highest BCUT2D eigenvalue weighted by atomic mass is 35.5. The molecule has 1 aromatic carbocycles. The molecule has 1 heterocycles. The molecule has 0 radical (unpaired) electrons. The van der Waals surface area contributed by atoms with E-state index < -0.39 is 11.9 Å². The summed E-state index contributed by atoms with van der Waals surface area (Å²) >= 11 is 6.23. The summed E-state index contributed by atoms with van der Waals surface area (Å²) in [5.41, 5.74) is 0.294. The first kappa shape index (κ1) is 17.2. The molecule has 1 N–H and O–H groups in total. The molecule has 2 rings (SSSR count). The van der Waals surface area contributed by atoms with Crippen molar-refractivity contribution in [2.75, 3.05) is 39.3 Å². The van der Waals surface area contributed by atoms with Crippen molar-refractivity contribution in [1.29, 1.82) is 0 Å². The van der Waals surface area contributed by atoms with Gasteiger partial charge in [-0.2, -0.15) is 0 Å². The number of hydrogen-bond donors (Lipinski definition) is 1. The van der Waals surface area contributed by atoms with Crippen LogP contribution >= 0.6 is 11.6 Å². The lowest BCUT2D eigenvalue weighted by atomic mass is 10.0. The van der Waals surface area contributed by atoms with Gasteiger partial charge in [0.1, 0.15) is 11.9 Å². The maximum absolute atomic E-state index is 14.4. The smallest absolute Gasteiger partial charge is 0.244 e. The minimum absolute atomic E-state index is 0.0844. The molecule has 6 heteroatoms. The number of likely N-dealkylation sites (N-methyl/N-ethyl adjacent to an activating group) is 1. The normalized spacial score (nSPS) is 17.3. The van der Waals surface area contributed by atoms with Crippen molar-refractivity contribution in [3.63, 3.8) is 0 Å². The molecule has 1 amide bonds. The molecule has 1 unspecified atom stereocenters. The maximum atomic E-state index is 14.4. The fraction of sp³-hybridized carbons (Fsp3) is 0.562. The van der Waals surface area contributed by atoms with Crippen molar-refractivity contribution >= 4 is 17.5 Å². The van der Waals surface area contributed by atoms with Crippen LogP contribution in [0.3, 0.4) is 0 Å². The molecule has 1 aromatic rings. The van der Waals surface area contributed by atoms with Gasteiger partial charge in [-0.05, 0) is 26.0 Å². The zero-order valence-electron chi connectivity index (χ0n) is 13.1. The fourth-order valence-corrected chi connectivity index (χ4v) is 3.15. The third kappa shape index (κ3) is 3.59. The zero-order valence-corrected chi connectivity index (χ0v) is 13.9. The molecule has 1 atom stereocenters. The first-order valence-corrected chi connectivity index (χ1v) is 8.15. The summed E-state index contributed by atoms with van der Waals surface area (Å²) in [6, 6.07) is 3.92. The highest BCUT2D eigenvalue weighted by molar-refractivity contribution is 6.31. The summed E-state index contributed by atoms with van der Waals surface area (Å²) in [4.78, 5) is 16.7. The second-order valence-corrected chi connectivity index (χ2v) is 5.74. The van der Waals surface area contributed by atoms with Crippen LogP contribution in [0.4, 0.5) is 4.39 Å². The van der Waals surface area contributed by atoms with Crippen molar-refractivity contribution in [2.45, 2.75) is 19.9 Å². The van der Waals surface area contributed by atoms with E-state index in [2.05, 4.69) is 5.32 Å². The summed E-state index contributed by atoms with van der Waals surface area (Å²) in [5, 5.41) is 3.56. The zero-order chi connectivity index (χ0) is 16.1. The average molecular weight is 328 g/mol. The molecule has 122 valence electrons. The molecule has 22 heavy (non-hydrogen) atoms. The van der Waals surface area contributed by atoms with Crippen LogP contribution in [0, 0.1) is 5.82 Å². The van der Waals surface area contributed by atoms with Gasteiger partial charge in [0.25, 0.3) is 0 Å². The highest BCUT2D eigenvalue weighted by Crippen LogP contribution is 2.31. The van der Waals surface area contributed by atoms with E-state index in [4.69, 9.17) is 11.6 Å². The number of carbonyl (C=O) groups is 1. The van der Waals surface area contributed by atoms with E-state index in [9.17, 15) is 9.18 Å². The van der Waals surface area contributed by atoms with Gasteiger partial charge in [0.05, 0.1) is 0 Å². The SMILES string of the molecule is CCN(CC)C(=O)C(c1c(F)cccc1Cl)N1CCNCC1. The minimum atomic E-state index is -0.657. The van der Waals surface area contributed by atoms with Gasteiger partial charge in [-0.15, -0.1) is 0 Å². The van der Waals surface area contributed by atoms with Gasteiger partial charge in [-0.25, -0.2) is 4.39 Å². The van der Waals surface area contributed by atoms with Crippen molar-refractivity contribution < 1.29 is 9.18 Å². The van der Waals surface area contributed by atoms with Crippen LogP contribution in [-0.2, 0) is 4.79 Å². The molecule has 0 aliphatic carbocycles. The molecular weight excluding hydrogens is 305 g/mol. The molecule has 4 nitrogen and oxygen atoms in total. The predicted molar refractivity (Wildman–Crippen MR) is 86.5 cm³/mol. The van der Waals surface area contributed by atoms with Crippen LogP contribution in [0.1, 0.15) is 25.5 Å². The Morgan fingerprint density at radius 2 is 2.00 bits per heavy atom. The molecule has 0 bridgehead atoms. The van der Waals surface area contributed by atoms with E-state index in [1.807, 2.05) is 18.7 Å². The quantitative estimate of drug-likeness (QED) is 0.901. The number of hydrogen-bond acceptors (Lipinski definition) is 3. The topological polar surface area (TPSA) is 35.6 Å². The number of nitrogens with zero attached hydrogens (tertiary/aromatic N) is 2. The van der Waals surface area contributed by atoms with E-state index in [-0.39, 0.29) is 5.91 Å². The summed E-state index contributed by atoms with van der Waals surface area (Å²) in [5.74, 6) is -0.504. The van der Waals surface area contributed by atoms with E-state index in [0.29, 0.717) is 36.8 Å². The third-order valence-corrected chi connectivity index (χ3v) is 4.43. The molecular formula is C16H23ClFN3O. The van der Waals surface area contributed by atoms with Gasteiger partial charge in [0.15, 0.2) is 0 Å². The second-order valence-electron chi connectivity index (χ2n) is 5.33. The maximum Gasteiger partial charge on any atom is 0.244 e. The number of piperazine rings is 1. The van der Waals surface area contributed by atoms with Crippen molar-refractivity contribution in [3.05, 3.63) is 34.6 Å². The van der Waals surface area contributed by atoms with Crippen LogP contribution in [0.5, 0.6) is 0 Å². The van der Waals surface area contributed by atoms with Crippen LogP contribution in [0.2, 0.25) is 5.02 Å². The van der Waals surface area contributed by atoms with Gasteiger partial charge in [-0.3, -0.25) is 9.69 Å². The highest BCUT2D eigenvalue weighted by Gasteiger charge is 2.34. The summed E-state index contributed by atoms with van der Waals surface area (Å²) in [6.45, 7) is 8.03. The molecule has 1 aliphatic heterocycles. The van der Waals surface area contributed by atoms with Gasteiger partial charge in [0, 0.05) is 49.9 Å². The lowest BCUT2D eigenvalue weighted by molar-refractivity contribution is -0.137. The van der Waals surface area contributed by atoms with Crippen LogP contribution < -0.4 is 5.32 Å². The van der Waals surface area contributed by atoms with Crippen LogP contribution in [0.25, 0.3) is 0 Å². The number of amides is 1. The van der Waals surface area contributed by atoms with Gasteiger partial charge in [0.2, 0.25) is 5.91 Å². The first-order chi connectivity index (χ1) is 10.6. The summed E-state index contributed by atoms with van der Waals surface area (Å²) < 4.78 is 14.4. The molecule has 1 saturated heterocycles.